The Morgan fingerprint density at radius 3 is 2.81 bits per heavy atom. The Kier molecular flexibility index (Phi) is 4.75. The number of amides is 1. The summed E-state index contributed by atoms with van der Waals surface area (Å²) in [5, 5.41) is 11.7. The fourth-order valence-electron chi connectivity index (χ4n) is 1.59. The van der Waals surface area contributed by atoms with Gasteiger partial charge in [0, 0.05) is 10.7 Å². The van der Waals surface area contributed by atoms with E-state index in [2.05, 4.69) is 5.32 Å². The van der Waals surface area contributed by atoms with Crippen molar-refractivity contribution in [3.63, 3.8) is 0 Å². The van der Waals surface area contributed by atoms with Crippen LogP contribution in [0.5, 0.6) is 5.75 Å². The molecule has 0 saturated heterocycles. The van der Waals surface area contributed by atoms with Crippen molar-refractivity contribution < 1.29 is 13.9 Å². The first-order chi connectivity index (χ1) is 10.1. The Labute approximate surface area is 125 Å². The average molecular weight is 305 g/mol. The maximum absolute atomic E-state index is 13.5. The van der Waals surface area contributed by atoms with Crippen molar-refractivity contribution in [2.45, 2.75) is 0 Å². The van der Waals surface area contributed by atoms with E-state index in [4.69, 9.17) is 21.6 Å². The van der Waals surface area contributed by atoms with E-state index in [1.807, 2.05) is 6.07 Å². The van der Waals surface area contributed by atoms with Gasteiger partial charge in [-0.3, -0.25) is 4.79 Å². The van der Waals surface area contributed by atoms with Crippen LogP contribution in [-0.2, 0) is 4.79 Å². The standard InChI is InChI=1S/C15H10ClFN2O2/c16-11-2-1-3-12(7-11)19-15(20)9-21-14-5-4-10(8-18)6-13(14)17/h1-7H,9H2,(H,19,20). The lowest BCUT2D eigenvalue weighted by Gasteiger charge is -2.08. The highest BCUT2D eigenvalue weighted by molar-refractivity contribution is 6.30. The lowest BCUT2D eigenvalue weighted by atomic mass is 10.2. The summed E-state index contributed by atoms with van der Waals surface area (Å²) in [6.45, 7) is -0.352. The van der Waals surface area contributed by atoms with Crippen molar-refractivity contribution in [3.8, 4) is 11.8 Å². The zero-order valence-corrected chi connectivity index (χ0v) is 11.5. The Bertz CT molecular complexity index is 713. The number of benzene rings is 2. The van der Waals surface area contributed by atoms with Crippen LogP contribution in [0.1, 0.15) is 5.56 Å². The number of rotatable bonds is 4. The number of carbonyl (C=O) groups excluding carboxylic acids is 1. The molecular weight excluding hydrogens is 295 g/mol. The van der Waals surface area contributed by atoms with Crippen LogP contribution >= 0.6 is 11.6 Å². The molecule has 6 heteroatoms. The molecule has 106 valence electrons. The fourth-order valence-corrected chi connectivity index (χ4v) is 1.78. The third kappa shape index (κ3) is 4.20. The molecule has 0 fully saturated rings. The number of ether oxygens (including phenoxy) is 1. The molecule has 0 heterocycles. The van der Waals surface area contributed by atoms with Gasteiger partial charge in [-0.2, -0.15) is 5.26 Å². The van der Waals surface area contributed by atoms with Gasteiger partial charge in [-0.05, 0) is 36.4 Å². The van der Waals surface area contributed by atoms with Crippen LogP contribution in [0, 0.1) is 17.1 Å². The van der Waals surface area contributed by atoms with Gasteiger partial charge in [0.25, 0.3) is 5.91 Å². The quantitative estimate of drug-likeness (QED) is 0.942. The van der Waals surface area contributed by atoms with Gasteiger partial charge < -0.3 is 10.1 Å². The minimum Gasteiger partial charge on any atom is -0.481 e. The molecule has 1 amide bonds. The molecule has 0 aliphatic carbocycles. The van der Waals surface area contributed by atoms with Gasteiger partial charge in [0.2, 0.25) is 0 Å². The van der Waals surface area contributed by atoms with Crippen molar-refractivity contribution in [1.82, 2.24) is 0 Å². The van der Waals surface area contributed by atoms with Crippen LogP contribution in [-0.4, -0.2) is 12.5 Å². The molecule has 21 heavy (non-hydrogen) atoms. The normalized spacial score (nSPS) is 9.76. The first-order valence-corrected chi connectivity index (χ1v) is 6.34. The number of hydrogen-bond acceptors (Lipinski definition) is 3. The predicted octanol–water partition coefficient (Wildman–Crippen LogP) is 3.37. The molecule has 0 aliphatic rings. The average Bonchev–Trinajstić information content (AvgIpc) is 2.46. The maximum Gasteiger partial charge on any atom is 0.262 e. The number of nitrogens with zero attached hydrogens (tertiary/aromatic N) is 1. The molecule has 2 aromatic rings. The molecule has 4 nitrogen and oxygen atoms in total. The number of nitriles is 1. The SMILES string of the molecule is N#Cc1ccc(OCC(=O)Nc2cccc(Cl)c2)c(F)c1. The van der Waals surface area contributed by atoms with E-state index in [1.54, 1.807) is 24.3 Å². The summed E-state index contributed by atoms with van der Waals surface area (Å²) in [7, 11) is 0. The Hall–Kier alpha value is -2.58. The van der Waals surface area contributed by atoms with Gasteiger partial charge in [0.05, 0.1) is 11.6 Å². The zero-order chi connectivity index (χ0) is 15.2. The molecule has 0 spiro atoms. The van der Waals surface area contributed by atoms with E-state index in [0.717, 1.165) is 6.07 Å². The van der Waals surface area contributed by atoms with Crippen LogP contribution in [0.25, 0.3) is 0 Å². The van der Waals surface area contributed by atoms with Crippen molar-refractivity contribution in [2.75, 3.05) is 11.9 Å². The number of hydrogen-bond donors (Lipinski definition) is 1. The Balaban J connectivity index is 1.94. The Morgan fingerprint density at radius 2 is 2.14 bits per heavy atom. The van der Waals surface area contributed by atoms with Crippen molar-refractivity contribution >= 4 is 23.2 Å². The molecule has 0 aliphatic heterocycles. The second-order valence-electron chi connectivity index (χ2n) is 4.10. The Morgan fingerprint density at radius 1 is 1.33 bits per heavy atom. The van der Waals surface area contributed by atoms with Crippen molar-refractivity contribution in [1.29, 1.82) is 5.26 Å². The van der Waals surface area contributed by atoms with Gasteiger partial charge in [-0.25, -0.2) is 4.39 Å². The van der Waals surface area contributed by atoms with E-state index in [1.165, 1.54) is 12.1 Å². The summed E-state index contributed by atoms with van der Waals surface area (Å²) in [5.74, 6) is -1.22. The first kappa shape index (κ1) is 14.8. The molecule has 0 aromatic heterocycles. The minimum atomic E-state index is -0.690. The summed E-state index contributed by atoms with van der Waals surface area (Å²) in [6, 6.07) is 12.2. The third-order valence-corrected chi connectivity index (χ3v) is 2.76. The predicted molar refractivity (Wildman–Crippen MR) is 76.7 cm³/mol. The van der Waals surface area contributed by atoms with Crippen LogP contribution in [0.2, 0.25) is 5.02 Å². The smallest absolute Gasteiger partial charge is 0.262 e. The molecule has 0 unspecified atom stereocenters. The summed E-state index contributed by atoms with van der Waals surface area (Å²) in [6.07, 6.45) is 0. The minimum absolute atomic E-state index is 0.0877. The highest BCUT2D eigenvalue weighted by atomic mass is 35.5. The highest BCUT2D eigenvalue weighted by Gasteiger charge is 2.08. The zero-order valence-electron chi connectivity index (χ0n) is 10.8. The van der Waals surface area contributed by atoms with Gasteiger partial charge in [-0.1, -0.05) is 17.7 Å². The van der Waals surface area contributed by atoms with Crippen LogP contribution in [0.3, 0.4) is 0 Å². The summed E-state index contributed by atoms with van der Waals surface area (Å²) < 4.78 is 18.6. The maximum atomic E-state index is 13.5. The molecule has 0 radical (unpaired) electrons. The number of nitrogens with one attached hydrogen (secondary N) is 1. The summed E-state index contributed by atoms with van der Waals surface area (Å²) in [4.78, 5) is 11.7. The van der Waals surface area contributed by atoms with E-state index < -0.39 is 11.7 Å². The number of anilines is 1. The third-order valence-electron chi connectivity index (χ3n) is 2.53. The lowest BCUT2D eigenvalue weighted by Crippen LogP contribution is -2.20. The molecular formula is C15H10ClFN2O2. The number of carbonyl (C=O) groups is 1. The van der Waals surface area contributed by atoms with E-state index in [0.29, 0.717) is 10.7 Å². The summed E-state index contributed by atoms with van der Waals surface area (Å²) in [5.41, 5.74) is 0.708. The van der Waals surface area contributed by atoms with Crippen LogP contribution in [0.4, 0.5) is 10.1 Å². The molecule has 2 aromatic carbocycles. The lowest BCUT2D eigenvalue weighted by molar-refractivity contribution is -0.118. The van der Waals surface area contributed by atoms with Crippen LogP contribution < -0.4 is 10.1 Å². The monoisotopic (exact) mass is 304 g/mol. The van der Waals surface area contributed by atoms with Crippen molar-refractivity contribution in [3.05, 3.63) is 58.9 Å². The van der Waals surface area contributed by atoms with E-state index >= 15 is 0 Å². The molecule has 2 rings (SSSR count). The fraction of sp³-hybridized carbons (Fsp3) is 0.0667. The molecule has 0 saturated carbocycles. The van der Waals surface area contributed by atoms with Gasteiger partial charge in [-0.15, -0.1) is 0 Å². The van der Waals surface area contributed by atoms with Crippen molar-refractivity contribution in [2.24, 2.45) is 0 Å². The molecule has 1 N–H and O–H groups in total. The topological polar surface area (TPSA) is 62.1 Å². The van der Waals surface area contributed by atoms with E-state index in [-0.39, 0.29) is 17.9 Å². The van der Waals surface area contributed by atoms with Gasteiger partial charge in [0.1, 0.15) is 0 Å². The van der Waals surface area contributed by atoms with E-state index in [9.17, 15) is 9.18 Å². The molecule has 0 bridgehead atoms. The molecule has 0 atom stereocenters. The first-order valence-electron chi connectivity index (χ1n) is 5.96. The summed E-state index contributed by atoms with van der Waals surface area (Å²) >= 11 is 5.79. The highest BCUT2D eigenvalue weighted by Crippen LogP contribution is 2.18. The number of halogens is 2. The van der Waals surface area contributed by atoms with Gasteiger partial charge in [0.15, 0.2) is 18.2 Å². The largest absolute Gasteiger partial charge is 0.481 e. The second-order valence-corrected chi connectivity index (χ2v) is 4.54. The second kappa shape index (κ2) is 6.73. The van der Waals surface area contributed by atoms with Crippen LogP contribution in [0.15, 0.2) is 42.5 Å². The van der Waals surface area contributed by atoms with Gasteiger partial charge >= 0.3 is 0 Å².